The molecule has 2 aliphatic heterocycles. The van der Waals surface area contributed by atoms with Gasteiger partial charge < -0.3 is 20.1 Å². The minimum Gasteiger partial charge on any atom is -0.481 e. The number of aliphatic carboxylic acids is 1. The molecule has 7 fully saturated rings. The van der Waals surface area contributed by atoms with Crippen molar-refractivity contribution in [2.24, 2.45) is 68.0 Å². The van der Waals surface area contributed by atoms with Gasteiger partial charge in [-0.3, -0.25) is 14.4 Å². The molecule has 7 rings (SSSR count). The van der Waals surface area contributed by atoms with Crippen molar-refractivity contribution < 1.29 is 24.2 Å². The maximum Gasteiger partial charge on any atom is 0.309 e. The van der Waals surface area contributed by atoms with Gasteiger partial charge in [0.15, 0.2) is 0 Å². The van der Waals surface area contributed by atoms with E-state index < -0.39 is 11.4 Å². The van der Waals surface area contributed by atoms with Crippen LogP contribution in [0.5, 0.6) is 0 Å². The summed E-state index contributed by atoms with van der Waals surface area (Å²) in [5.74, 6) is 2.85. The van der Waals surface area contributed by atoms with Gasteiger partial charge in [0, 0.05) is 37.0 Å². The molecule has 7 nitrogen and oxygen atoms in total. The molecule has 2 N–H and O–H groups in total. The number of nitrogens with zero attached hydrogens (tertiary/aromatic N) is 1. The fourth-order valence-electron chi connectivity index (χ4n) is 14.9. The number of hydrogen-bond acceptors (Lipinski definition) is 5. The van der Waals surface area contributed by atoms with Gasteiger partial charge >= 0.3 is 11.9 Å². The molecule has 0 aromatic carbocycles. The number of esters is 1. The highest BCUT2D eigenvalue weighted by Crippen LogP contribution is 2.78. The summed E-state index contributed by atoms with van der Waals surface area (Å²) in [4.78, 5) is 41.2. The molecule has 276 valence electrons. The SMILES string of the molecule is CC(C)C1CCC2(CC(=O)N3CC4CC3CN4)CCC3(C)C(CCC4C5(C)CCC(OC(=O)CC(C)(C)C(=O)O)C(C)(C)C5CCC43C)C12. The van der Waals surface area contributed by atoms with Gasteiger partial charge in [-0.25, -0.2) is 0 Å². The Hall–Kier alpha value is -1.63. The van der Waals surface area contributed by atoms with Crippen molar-refractivity contribution in [3.63, 3.8) is 0 Å². The summed E-state index contributed by atoms with van der Waals surface area (Å²) in [6, 6.07) is 0.917. The van der Waals surface area contributed by atoms with Gasteiger partial charge in [0.2, 0.25) is 5.91 Å². The third-order valence-electron chi connectivity index (χ3n) is 17.8. The molecule has 0 spiro atoms. The molecular weight excluding hydrogens is 612 g/mol. The Morgan fingerprint density at radius 3 is 2.27 bits per heavy atom. The minimum atomic E-state index is -1.13. The number of nitrogens with one attached hydrogen (secondary N) is 1. The first-order valence-corrected chi connectivity index (χ1v) is 20.2. The van der Waals surface area contributed by atoms with E-state index in [1.54, 1.807) is 13.8 Å². The lowest BCUT2D eigenvalue weighted by molar-refractivity contribution is -0.252. The maximum absolute atomic E-state index is 14.1. The predicted octanol–water partition coefficient (Wildman–Crippen LogP) is 8.10. The average Bonchev–Trinajstić information content (AvgIpc) is 3.74. The quantitative estimate of drug-likeness (QED) is 0.264. The second-order valence-electron chi connectivity index (χ2n) is 20.9. The number of piperazine rings is 1. The van der Waals surface area contributed by atoms with Gasteiger partial charge in [0.1, 0.15) is 6.10 Å². The van der Waals surface area contributed by atoms with Crippen molar-refractivity contribution in [2.75, 3.05) is 13.1 Å². The van der Waals surface area contributed by atoms with Gasteiger partial charge in [-0.2, -0.15) is 0 Å². The number of fused-ring (bicyclic) bond motifs is 9. The number of rotatable bonds is 7. The van der Waals surface area contributed by atoms with E-state index in [1.807, 2.05) is 0 Å². The number of carboxylic acids is 1. The first-order valence-electron chi connectivity index (χ1n) is 20.2. The Labute approximate surface area is 296 Å². The summed E-state index contributed by atoms with van der Waals surface area (Å²) >= 11 is 0. The smallest absolute Gasteiger partial charge is 0.309 e. The molecule has 12 unspecified atom stereocenters. The predicted molar refractivity (Wildman–Crippen MR) is 191 cm³/mol. The number of hydrogen-bond donors (Lipinski definition) is 2. The van der Waals surface area contributed by atoms with E-state index in [9.17, 15) is 19.5 Å². The highest BCUT2D eigenvalue weighted by Gasteiger charge is 2.71. The number of carboxylic acid groups (broad SMARTS) is 1. The molecule has 7 heteroatoms. The van der Waals surface area contributed by atoms with Gasteiger partial charge in [0.05, 0.1) is 11.8 Å². The van der Waals surface area contributed by atoms with Crippen molar-refractivity contribution in [3.8, 4) is 0 Å². The van der Waals surface area contributed by atoms with Crippen LogP contribution in [-0.2, 0) is 19.1 Å². The number of carbonyl (C=O) groups excluding carboxylic acids is 2. The van der Waals surface area contributed by atoms with Crippen LogP contribution in [0.3, 0.4) is 0 Å². The van der Waals surface area contributed by atoms with E-state index in [2.05, 4.69) is 58.7 Å². The second-order valence-corrected chi connectivity index (χ2v) is 20.9. The van der Waals surface area contributed by atoms with Crippen molar-refractivity contribution >= 4 is 17.8 Å². The zero-order valence-electron chi connectivity index (χ0n) is 32.3. The van der Waals surface area contributed by atoms with Crippen LogP contribution >= 0.6 is 0 Å². The molecule has 5 saturated carbocycles. The van der Waals surface area contributed by atoms with Crippen LogP contribution in [0.1, 0.15) is 146 Å². The summed E-state index contributed by atoms with van der Waals surface area (Å²) in [6.07, 6.45) is 13.4. The molecule has 0 radical (unpaired) electrons. The third kappa shape index (κ3) is 5.21. The Morgan fingerprint density at radius 2 is 1.63 bits per heavy atom. The summed E-state index contributed by atoms with van der Waals surface area (Å²) in [6.45, 7) is 22.6. The normalized spacial score (nSPS) is 46.9. The molecule has 0 aromatic rings. The van der Waals surface area contributed by atoms with Crippen LogP contribution < -0.4 is 5.32 Å². The fraction of sp³-hybridized carbons (Fsp3) is 0.929. The second kappa shape index (κ2) is 11.7. The maximum atomic E-state index is 14.1. The number of ether oxygens (including phenoxy) is 1. The summed E-state index contributed by atoms with van der Waals surface area (Å²) in [5, 5.41) is 13.2. The molecule has 7 aliphatic rings. The summed E-state index contributed by atoms with van der Waals surface area (Å²) in [7, 11) is 0. The van der Waals surface area contributed by atoms with Gasteiger partial charge in [0.25, 0.3) is 0 Å². The number of likely N-dealkylation sites (tertiary alicyclic amines) is 1. The molecular formula is C42H68N2O5. The lowest BCUT2D eigenvalue weighted by Gasteiger charge is -2.73. The van der Waals surface area contributed by atoms with Crippen LogP contribution in [0.25, 0.3) is 0 Å². The van der Waals surface area contributed by atoms with Crippen LogP contribution in [0.2, 0.25) is 0 Å². The van der Waals surface area contributed by atoms with Crippen molar-refractivity contribution in [2.45, 2.75) is 164 Å². The zero-order chi connectivity index (χ0) is 35.5. The van der Waals surface area contributed by atoms with E-state index in [4.69, 9.17) is 4.74 Å². The van der Waals surface area contributed by atoms with Crippen LogP contribution in [0, 0.1) is 68.0 Å². The molecule has 49 heavy (non-hydrogen) atoms. The standard InChI is InChI=1S/C42H68N2O5/c1-25(2)28-12-17-42(21-33(45)44-24-26-20-27(44)23-43-26)19-18-40(8)29(35(28)42)10-11-31-39(7)15-14-32(49-34(46)22-37(3,4)36(47)48)38(5,6)30(39)13-16-41(31,40)9/h25-32,35,43H,10-24H2,1-9H3,(H,47,48). The molecule has 1 amide bonds. The highest BCUT2D eigenvalue weighted by molar-refractivity contribution is 5.81. The monoisotopic (exact) mass is 681 g/mol. The molecule has 2 saturated heterocycles. The number of carbonyl (C=O) groups is 3. The fourth-order valence-corrected chi connectivity index (χ4v) is 14.9. The Morgan fingerprint density at radius 1 is 0.898 bits per heavy atom. The van der Waals surface area contributed by atoms with Gasteiger partial charge in [-0.1, -0.05) is 48.5 Å². The van der Waals surface area contributed by atoms with Crippen molar-refractivity contribution in [1.82, 2.24) is 10.2 Å². The van der Waals surface area contributed by atoms with Crippen LogP contribution in [0.4, 0.5) is 0 Å². The van der Waals surface area contributed by atoms with E-state index in [0.29, 0.717) is 53.5 Å². The lowest BCUT2D eigenvalue weighted by Crippen LogP contribution is -2.67. The van der Waals surface area contributed by atoms with Gasteiger partial charge in [-0.15, -0.1) is 0 Å². The first-order chi connectivity index (χ1) is 22.8. The largest absolute Gasteiger partial charge is 0.481 e. The topological polar surface area (TPSA) is 95.9 Å². The van der Waals surface area contributed by atoms with Crippen LogP contribution in [0.15, 0.2) is 0 Å². The average molecular weight is 681 g/mol. The number of amides is 1. The minimum absolute atomic E-state index is 0.0980. The Kier molecular flexibility index (Phi) is 8.53. The van der Waals surface area contributed by atoms with E-state index in [-0.39, 0.29) is 45.6 Å². The molecule has 2 heterocycles. The van der Waals surface area contributed by atoms with E-state index >= 15 is 0 Å². The van der Waals surface area contributed by atoms with Crippen LogP contribution in [-0.4, -0.2) is 59.1 Å². The molecule has 12 atom stereocenters. The third-order valence-corrected chi connectivity index (χ3v) is 17.8. The van der Waals surface area contributed by atoms with Gasteiger partial charge in [-0.05, 0) is 142 Å². The summed E-state index contributed by atoms with van der Waals surface area (Å²) in [5.41, 5.74) is -0.466. The lowest BCUT2D eigenvalue weighted by atomic mass is 9.32. The zero-order valence-corrected chi connectivity index (χ0v) is 32.3. The molecule has 2 bridgehead atoms. The Balaban J connectivity index is 1.13. The van der Waals surface area contributed by atoms with E-state index in [1.165, 1.54) is 44.9 Å². The molecule has 0 aromatic heterocycles. The Bertz CT molecular complexity index is 1360. The highest BCUT2D eigenvalue weighted by atomic mass is 16.5. The molecule has 5 aliphatic carbocycles. The first kappa shape index (κ1) is 35.8. The van der Waals surface area contributed by atoms with Crippen molar-refractivity contribution in [1.29, 1.82) is 0 Å². The van der Waals surface area contributed by atoms with E-state index in [0.717, 1.165) is 45.2 Å². The van der Waals surface area contributed by atoms with Crippen molar-refractivity contribution in [3.05, 3.63) is 0 Å². The summed E-state index contributed by atoms with van der Waals surface area (Å²) < 4.78 is 6.19.